The Morgan fingerprint density at radius 2 is 1.60 bits per heavy atom. The highest BCUT2D eigenvalue weighted by Gasteiger charge is 2.71. The molecule has 1 unspecified atom stereocenters. The van der Waals surface area contributed by atoms with Crippen molar-refractivity contribution in [3.63, 3.8) is 0 Å². The van der Waals surface area contributed by atoms with E-state index in [0.29, 0.717) is 0 Å². The van der Waals surface area contributed by atoms with Crippen molar-refractivity contribution in [3.8, 4) is 0 Å². The second-order valence-corrected chi connectivity index (χ2v) is 7.85. The minimum Gasteiger partial charge on any atom is -0.240 e. The quantitative estimate of drug-likeness (QED) is 0.549. The van der Waals surface area contributed by atoms with Crippen LogP contribution in [-0.2, 0) is 5.92 Å². The van der Waals surface area contributed by atoms with Crippen LogP contribution < -0.4 is 0 Å². The second-order valence-electron chi connectivity index (χ2n) is 7.85. The number of aryl methyl sites for hydroxylation is 1. The lowest BCUT2D eigenvalue weighted by molar-refractivity contribution is -0.275. The molecule has 3 fully saturated rings. The number of fused-ring (bicyclic) bond motifs is 3. The summed E-state index contributed by atoms with van der Waals surface area (Å²) >= 11 is 0. The molecular weight excluding hydrogens is 349 g/mol. The molecule has 140 valence electrons. The number of rotatable bonds is 3. The third kappa shape index (κ3) is 2.48. The maximum Gasteiger partial charge on any atom is 0.284 e. The molecule has 0 aromatic heterocycles. The zero-order chi connectivity index (χ0) is 18.8. The number of hydrogen-bond donors (Lipinski definition) is 0. The zero-order valence-corrected chi connectivity index (χ0v) is 13.9. The highest BCUT2D eigenvalue weighted by molar-refractivity contribution is 5.29. The van der Waals surface area contributed by atoms with Gasteiger partial charge in [0.1, 0.15) is 0 Å². The first kappa shape index (κ1) is 18.5. The van der Waals surface area contributed by atoms with Crippen molar-refractivity contribution < 1.29 is 30.7 Å². The van der Waals surface area contributed by atoms with Gasteiger partial charge in [-0.05, 0) is 44.2 Å². The van der Waals surface area contributed by atoms with Crippen LogP contribution in [0.5, 0.6) is 0 Å². The average Bonchev–Trinajstić information content (AvgIpc) is 2.52. The van der Waals surface area contributed by atoms with E-state index in [1.807, 2.05) is 0 Å². The molecule has 25 heavy (non-hydrogen) atoms. The fraction of sp³-hybridized carbons (Fsp3) is 0.667. The highest BCUT2D eigenvalue weighted by atomic mass is 19.3. The molecule has 0 spiro atoms. The normalized spacial score (nSPS) is 34.4. The molecule has 3 saturated carbocycles. The van der Waals surface area contributed by atoms with Gasteiger partial charge < -0.3 is 0 Å². The minimum atomic E-state index is -3.94. The SMILES string of the molecule is Cc1ccc(C(F)(F)CC23CCC(C)(CC2)C(F)(F)C3F)c(F)c1F. The lowest BCUT2D eigenvalue weighted by Crippen LogP contribution is -2.63. The maximum atomic E-state index is 14.7. The summed E-state index contributed by atoms with van der Waals surface area (Å²) < 4.78 is 100. The van der Waals surface area contributed by atoms with Gasteiger partial charge in [-0.15, -0.1) is 0 Å². The summed E-state index contributed by atoms with van der Waals surface area (Å²) in [6, 6.07) is 1.74. The van der Waals surface area contributed by atoms with Gasteiger partial charge in [-0.1, -0.05) is 13.0 Å². The Morgan fingerprint density at radius 1 is 1.04 bits per heavy atom. The van der Waals surface area contributed by atoms with Gasteiger partial charge in [0, 0.05) is 17.3 Å². The molecule has 7 heteroatoms. The van der Waals surface area contributed by atoms with Gasteiger partial charge in [-0.2, -0.15) is 0 Å². The van der Waals surface area contributed by atoms with Crippen molar-refractivity contribution in [1.29, 1.82) is 0 Å². The number of halogens is 7. The van der Waals surface area contributed by atoms with E-state index in [4.69, 9.17) is 0 Å². The Morgan fingerprint density at radius 3 is 2.16 bits per heavy atom. The molecule has 0 saturated heterocycles. The monoisotopic (exact) mass is 368 g/mol. The molecule has 1 atom stereocenters. The van der Waals surface area contributed by atoms with Gasteiger partial charge in [0.2, 0.25) is 0 Å². The summed E-state index contributed by atoms with van der Waals surface area (Å²) in [7, 11) is 0. The van der Waals surface area contributed by atoms with Crippen LogP contribution in [-0.4, -0.2) is 12.1 Å². The van der Waals surface area contributed by atoms with Gasteiger partial charge in [-0.25, -0.2) is 30.7 Å². The van der Waals surface area contributed by atoms with Crippen LogP contribution in [0.15, 0.2) is 12.1 Å². The predicted molar refractivity (Wildman–Crippen MR) is 78.5 cm³/mol. The summed E-state index contributed by atoms with van der Waals surface area (Å²) in [5.41, 5.74) is -4.82. The third-order valence-corrected chi connectivity index (χ3v) is 6.25. The van der Waals surface area contributed by atoms with Gasteiger partial charge in [-0.3, -0.25) is 0 Å². The first-order chi connectivity index (χ1) is 11.4. The summed E-state index contributed by atoms with van der Waals surface area (Å²) in [6.45, 7) is 2.50. The van der Waals surface area contributed by atoms with Gasteiger partial charge in [0.15, 0.2) is 17.8 Å². The Hall–Kier alpha value is -1.27. The van der Waals surface area contributed by atoms with Crippen molar-refractivity contribution in [3.05, 3.63) is 34.9 Å². The van der Waals surface area contributed by atoms with Gasteiger partial charge in [0.25, 0.3) is 11.8 Å². The lowest BCUT2D eigenvalue weighted by Gasteiger charge is -2.58. The van der Waals surface area contributed by atoms with E-state index in [-0.39, 0.29) is 31.2 Å². The van der Waals surface area contributed by atoms with Gasteiger partial charge >= 0.3 is 0 Å². The first-order valence-corrected chi connectivity index (χ1v) is 8.21. The molecule has 0 heterocycles. The smallest absolute Gasteiger partial charge is 0.240 e. The second kappa shape index (κ2) is 5.36. The standard InChI is InChI=1S/C18H19F7/c1-10-3-4-11(13(20)12(10)19)17(22,23)9-16-7-5-15(2,6-8-16)18(24,25)14(16)21/h3-4,14H,5-9H2,1-2H3. The third-order valence-electron chi connectivity index (χ3n) is 6.25. The molecule has 2 bridgehead atoms. The van der Waals surface area contributed by atoms with Crippen molar-refractivity contribution in [2.24, 2.45) is 10.8 Å². The number of benzene rings is 1. The summed E-state index contributed by atoms with van der Waals surface area (Å²) in [5, 5.41) is 0. The van der Waals surface area contributed by atoms with Crippen molar-refractivity contribution >= 4 is 0 Å². The fourth-order valence-corrected chi connectivity index (χ4v) is 4.31. The van der Waals surface area contributed by atoms with E-state index in [1.165, 1.54) is 13.8 Å². The first-order valence-electron chi connectivity index (χ1n) is 8.21. The van der Waals surface area contributed by atoms with Crippen LogP contribution >= 0.6 is 0 Å². The average molecular weight is 368 g/mol. The van der Waals surface area contributed by atoms with E-state index in [1.54, 1.807) is 0 Å². The molecular formula is C18H19F7. The topological polar surface area (TPSA) is 0 Å². The largest absolute Gasteiger partial charge is 0.284 e. The molecule has 0 amide bonds. The zero-order valence-electron chi connectivity index (χ0n) is 13.9. The number of hydrogen-bond acceptors (Lipinski definition) is 0. The maximum absolute atomic E-state index is 14.7. The van der Waals surface area contributed by atoms with E-state index in [9.17, 15) is 30.7 Å². The predicted octanol–water partition coefficient (Wildman–Crippen LogP) is 6.31. The highest BCUT2D eigenvalue weighted by Crippen LogP contribution is 2.67. The van der Waals surface area contributed by atoms with E-state index in [2.05, 4.69) is 0 Å². The molecule has 4 rings (SSSR count). The Kier molecular flexibility index (Phi) is 3.97. The molecule has 1 aromatic rings. The van der Waals surface area contributed by atoms with Crippen LogP contribution in [0.4, 0.5) is 30.7 Å². The van der Waals surface area contributed by atoms with Crippen LogP contribution in [0.1, 0.15) is 50.2 Å². The van der Waals surface area contributed by atoms with Crippen molar-refractivity contribution in [2.75, 3.05) is 0 Å². The molecule has 1 aromatic carbocycles. The molecule has 3 aliphatic carbocycles. The molecule has 0 nitrogen and oxygen atoms in total. The summed E-state index contributed by atoms with van der Waals surface area (Å²) in [4.78, 5) is 0. The molecule has 0 aliphatic heterocycles. The van der Waals surface area contributed by atoms with Crippen molar-refractivity contribution in [1.82, 2.24) is 0 Å². The molecule has 0 N–H and O–H groups in total. The van der Waals surface area contributed by atoms with E-state index < -0.39 is 52.5 Å². The molecule has 0 radical (unpaired) electrons. The molecule has 3 aliphatic rings. The summed E-state index contributed by atoms with van der Waals surface area (Å²) in [5.74, 6) is -10.8. The van der Waals surface area contributed by atoms with Gasteiger partial charge in [0.05, 0.1) is 5.56 Å². The van der Waals surface area contributed by atoms with Crippen LogP contribution in [0.2, 0.25) is 0 Å². The fourth-order valence-electron chi connectivity index (χ4n) is 4.31. The Balaban J connectivity index is 1.97. The van der Waals surface area contributed by atoms with Crippen molar-refractivity contribution in [2.45, 2.75) is 64.0 Å². The van der Waals surface area contributed by atoms with Crippen LogP contribution in [0, 0.1) is 29.4 Å². The minimum absolute atomic E-state index is 0.0682. The Labute approximate surface area is 141 Å². The number of alkyl halides is 5. The van der Waals surface area contributed by atoms with E-state index in [0.717, 1.165) is 12.1 Å². The van der Waals surface area contributed by atoms with Crippen LogP contribution in [0.25, 0.3) is 0 Å². The van der Waals surface area contributed by atoms with E-state index >= 15 is 0 Å². The Bertz CT molecular complexity index is 687. The lowest BCUT2D eigenvalue weighted by atomic mass is 9.50. The summed E-state index contributed by atoms with van der Waals surface area (Å²) in [6.07, 6.45) is -4.36. The van der Waals surface area contributed by atoms with Crippen LogP contribution in [0.3, 0.4) is 0 Å².